The summed E-state index contributed by atoms with van der Waals surface area (Å²) in [5, 5.41) is 8.31. The number of anilines is 2. The van der Waals surface area contributed by atoms with Crippen LogP contribution in [0.2, 0.25) is 0 Å². The fourth-order valence-corrected chi connectivity index (χ4v) is 3.98. The van der Waals surface area contributed by atoms with Crippen molar-refractivity contribution in [3.63, 3.8) is 0 Å². The van der Waals surface area contributed by atoms with Crippen LogP contribution in [0.15, 0.2) is 45.3 Å². The molecule has 9 heteroatoms. The zero-order chi connectivity index (χ0) is 20.0. The zero-order valence-corrected chi connectivity index (χ0v) is 18.5. The molecule has 0 unspecified atom stereocenters. The fourth-order valence-electron chi connectivity index (χ4n) is 2.17. The van der Waals surface area contributed by atoms with Crippen LogP contribution in [-0.2, 0) is 9.59 Å². The molecule has 3 N–H and O–H groups in total. The Hall–Kier alpha value is -1.97. The van der Waals surface area contributed by atoms with Gasteiger partial charge in [0, 0.05) is 22.8 Å². The molecule has 0 spiro atoms. The number of hydrogen-bond acceptors (Lipinski definition) is 4. The minimum atomic E-state index is -0.279. The van der Waals surface area contributed by atoms with Crippen LogP contribution in [0.4, 0.5) is 11.4 Å². The first-order chi connectivity index (χ1) is 12.7. The molecular formula is C18H17Br2N3O3S. The maximum atomic E-state index is 12.1. The van der Waals surface area contributed by atoms with Crippen LogP contribution in [0.3, 0.4) is 0 Å². The van der Waals surface area contributed by atoms with Crippen molar-refractivity contribution in [1.82, 2.24) is 5.32 Å². The van der Waals surface area contributed by atoms with Crippen LogP contribution in [0.5, 0.6) is 5.75 Å². The zero-order valence-electron chi connectivity index (χ0n) is 14.6. The van der Waals surface area contributed by atoms with Crippen LogP contribution in [0.1, 0.15) is 12.5 Å². The molecule has 0 aromatic heterocycles. The Kier molecular flexibility index (Phi) is 7.76. The SMILES string of the molecule is CC(=O)NC(=S)Nc1ccc(NC(=O)COc2c(C)cc(Br)cc2Br)cc1. The number of carbonyl (C=O) groups is 2. The number of hydrogen-bond donors (Lipinski definition) is 3. The highest BCUT2D eigenvalue weighted by molar-refractivity contribution is 9.11. The van der Waals surface area contributed by atoms with E-state index in [4.69, 9.17) is 17.0 Å². The first-order valence-electron chi connectivity index (χ1n) is 7.81. The highest BCUT2D eigenvalue weighted by Gasteiger charge is 2.10. The van der Waals surface area contributed by atoms with Crippen molar-refractivity contribution < 1.29 is 14.3 Å². The summed E-state index contributed by atoms with van der Waals surface area (Å²) in [7, 11) is 0. The van der Waals surface area contributed by atoms with Crippen molar-refractivity contribution >= 4 is 72.4 Å². The van der Waals surface area contributed by atoms with E-state index >= 15 is 0 Å². The second-order valence-corrected chi connectivity index (χ2v) is 7.76. The number of rotatable bonds is 5. The quantitative estimate of drug-likeness (QED) is 0.516. The smallest absolute Gasteiger partial charge is 0.262 e. The number of aryl methyl sites for hydroxylation is 1. The van der Waals surface area contributed by atoms with Gasteiger partial charge in [0.05, 0.1) is 4.47 Å². The van der Waals surface area contributed by atoms with E-state index in [1.54, 1.807) is 24.3 Å². The molecule has 142 valence electrons. The fraction of sp³-hybridized carbons (Fsp3) is 0.167. The number of halogens is 2. The van der Waals surface area contributed by atoms with Crippen LogP contribution >= 0.6 is 44.1 Å². The highest BCUT2D eigenvalue weighted by Crippen LogP contribution is 2.32. The lowest BCUT2D eigenvalue weighted by Crippen LogP contribution is -2.32. The molecule has 2 amide bonds. The van der Waals surface area contributed by atoms with Gasteiger partial charge >= 0.3 is 0 Å². The van der Waals surface area contributed by atoms with E-state index in [1.807, 2.05) is 19.1 Å². The van der Waals surface area contributed by atoms with Gasteiger partial charge in [0.15, 0.2) is 11.7 Å². The van der Waals surface area contributed by atoms with Crippen molar-refractivity contribution in [3.8, 4) is 5.75 Å². The predicted molar refractivity (Wildman–Crippen MR) is 117 cm³/mol. The Bertz CT molecular complexity index is 850. The van der Waals surface area contributed by atoms with Crippen molar-refractivity contribution in [3.05, 3.63) is 50.9 Å². The van der Waals surface area contributed by atoms with E-state index in [0.29, 0.717) is 17.1 Å². The summed E-state index contributed by atoms with van der Waals surface area (Å²) in [4.78, 5) is 23.1. The van der Waals surface area contributed by atoms with E-state index in [-0.39, 0.29) is 23.5 Å². The van der Waals surface area contributed by atoms with Crippen LogP contribution in [0, 0.1) is 6.92 Å². The van der Waals surface area contributed by atoms with Crippen molar-refractivity contribution in [2.24, 2.45) is 0 Å². The molecule has 0 saturated heterocycles. The van der Waals surface area contributed by atoms with E-state index < -0.39 is 0 Å². The molecule has 0 atom stereocenters. The van der Waals surface area contributed by atoms with E-state index in [9.17, 15) is 9.59 Å². The molecule has 0 aliphatic carbocycles. The molecule has 0 heterocycles. The number of ether oxygens (including phenoxy) is 1. The molecule has 0 aliphatic heterocycles. The third-order valence-corrected chi connectivity index (χ3v) is 4.51. The van der Waals surface area contributed by atoms with Gasteiger partial charge in [0.1, 0.15) is 5.75 Å². The minimum absolute atomic E-state index is 0.117. The van der Waals surface area contributed by atoms with Gasteiger partial charge in [-0.2, -0.15) is 0 Å². The Balaban J connectivity index is 1.89. The maximum Gasteiger partial charge on any atom is 0.262 e. The van der Waals surface area contributed by atoms with Crippen LogP contribution in [-0.4, -0.2) is 23.5 Å². The van der Waals surface area contributed by atoms with Crippen LogP contribution in [0.25, 0.3) is 0 Å². The van der Waals surface area contributed by atoms with E-state index in [1.165, 1.54) is 6.92 Å². The molecule has 0 bridgehead atoms. The molecule has 2 rings (SSSR count). The number of amides is 2. The molecule has 0 saturated carbocycles. The monoisotopic (exact) mass is 513 g/mol. The predicted octanol–water partition coefficient (Wildman–Crippen LogP) is 4.37. The van der Waals surface area contributed by atoms with E-state index in [2.05, 4.69) is 47.8 Å². The highest BCUT2D eigenvalue weighted by atomic mass is 79.9. The molecule has 0 radical (unpaired) electrons. The molecule has 6 nitrogen and oxygen atoms in total. The largest absolute Gasteiger partial charge is 0.482 e. The number of thiocarbonyl (C=S) groups is 1. The number of nitrogens with one attached hydrogen (secondary N) is 3. The lowest BCUT2D eigenvalue weighted by molar-refractivity contribution is -0.118. The molecule has 0 aliphatic rings. The third-order valence-electron chi connectivity index (χ3n) is 3.26. The van der Waals surface area contributed by atoms with Crippen molar-refractivity contribution in [1.29, 1.82) is 0 Å². The Labute approximate surface area is 179 Å². The van der Waals surface area contributed by atoms with Gasteiger partial charge < -0.3 is 20.7 Å². The summed E-state index contributed by atoms with van der Waals surface area (Å²) in [6, 6.07) is 10.7. The third kappa shape index (κ3) is 6.93. The van der Waals surface area contributed by atoms with Gasteiger partial charge in [0.2, 0.25) is 5.91 Å². The molecule has 2 aromatic carbocycles. The molecule has 27 heavy (non-hydrogen) atoms. The molecule has 2 aromatic rings. The second kappa shape index (κ2) is 9.82. The van der Waals surface area contributed by atoms with Crippen molar-refractivity contribution in [2.45, 2.75) is 13.8 Å². The Morgan fingerprint density at radius 2 is 1.67 bits per heavy atom. The summed E-state index contributed by atoms with van der Waals surface area (Å²) in [5.41, 5.74) is 2.22. The summed E-state index contributed by atoms with van der Waals surface area (Å²) >= 11 is 11.8. The average molecular weight is 515 g/mol. The second-order valence-electron chi connectivity index (χ2n) is 5.58. The lowest BCUT2D eigenvalue weighted by Gasteiger charge is -2.12. The maximum absolute atomic E-state index is 12.1. The normalized spacial score (nSPS) is 10.1. The molecular weight excluding hydrogens is 498 g/mol. The van der Waals surface area contributed by atoms with Gasteiger partial charge in [-0.05, 0) is 77.0 Å². The van der Waals surface area contributed by atoms with Gasteiger partial charge in [-0.1, -0.05) is 15.9 Å². The first kappa shape index (κ1) is 21.3. The van der Waals surface area contributed by atoms with Crippen molar-refractivity contribution in [2.75, 3.05) is 17.2 Å². The first-order valence-corrected chi connectivity index (χ1v) is 9.81. The minimum Gasteiger partial charge on any atom is -0.482 e. The van der Waals surface area contributed by atoms with Crippen LogP contribution < -0.4 is 20.7 Å². The topological polar surface area (TPSA) is 79.5 Å². The van der Waals surface area contributed by atoms with E-state index in [0.717, 1.165) is 14.5 Å². The average Bonchev–Trinajstić information content (AvgIpc) is 2.55. The van der Waals surface area contributed by atoms with Gasteiger partial charge in [-0.25, -0.2) is 0 Å². The summed E-state index contributed by atoms with van der Waals surface area (Å²) in [6.07, 6.45) is 0. The number of carbonyl (C=O) groups excluding carboxylic acids is 2. The Morgan fingerprint density at radius 3 is 2.22 bits per heavy atom. The molecule has 0 fully saturated rings. The number of benzene rings is 2. The van der Waals surface area contributed by atoms with Gasteiger partial charge in [-0.3, -0.25) is 9.59 Å². The Morgan fingerprint density at radius 1 is 1.07 bits per heavy atom. The summed E-state index contributed by atoms with van der Waals surface area (Å²) in [5.74, 6) is 0.0992. The van der Waals surface area contributed by atoms with Gasteiger partial charge in [0.25, 0.3) is 5.91 Å². The summed E-state index contributed by atoms with van der Waals surface area (Å²) in [6.45, 7) is 3.16. The standard InChI is InChI=1S/C18H17Br2N3O3S/c1-10-7-12(19)8-15(20)17(10)26-9-16(25)22-13-3-5-14(6-4-13)23-18(27)21-11(2)24/h3-8H,9H2,1-2H3,(H,22,25)(H2,21,23,24,27). The summed E-state index contributed by atoms with van der Waals surface area (Å²) < 4.78 is 7.32. The van der Waals surface area contributed by atoms with Gasteiger partial charge in [-0.15, -0.1) is 0 Å². The lowest BCUT2D eigenvalue weighted by atomic mass is 10.2.